The lowest BCUT2D eigenvalue weighted by atomic mass is 10.2. The molecule has 0 aliphatic carbocycles. The van der Waals surface area contributed by atoms with Crippen molar-refractivity contribution in [3.63, 3.8) is 0 Å². The number of nitriles is 2. The van der Waals surface area contributed by atoms with E-state index in [1.165, 1.54) is 6.20 Å². The van der Waals surface area contributed by atoms with Crippen LogP contribution in [0, 0.1) is 22.7 Å². The average molecular weight is 367 g/mol. The number of rotatable bonds is 2. The third-order valence-corrected chi connectivity index (χ3v) is 3.61. The monoisotopic (exact) mass is 365 g/mol. The number of anilines is 1. The van der Waals surface area contributed by atoms with E-state index in [2.05, 4.69) is 47.1 Å². The minimum Gasteiger partial charge on any atom is -0.358 e. The van der Waals surface area contributed by atoms with Gasteiger partial charge in [-0.3, -0.25) is 0 Å². The zero-order chi connectivity index (χ0) is 13.1. The van der Waals surface area contributed by atoms with Gasteiger partial charge in [0.15, 0.2) is 0 Å². The molecule has 0 spiro atoms. The molecule has 0 atom stereocenters. The van der Waals surface area contributed by atoms with Gasteiger partial charge in [-0.1, -0.05) is 0 Å². The summed E-state index contributed by atoms with van der Waals surface area (Å²) in [5.74, 6) is 0. The van der Waals surface area contributed by atoms with Gasteiger partial charge < -0.3 is 10.3 Å². The lowest BCUT2D eigenvalue weighted by Crippen LogP contribution is -1.93. The summed E-state index contributed by atoms with van der Waals surface area (Å²) in [7, 11) is 0. The maximum Gasteiger partial charge on any atom is 0.145 e. The Bertz CT molecular complexity index is 701. The van der Waals surface area contributed by atoms with Gasteiger partial charge >= 0.3 is 0 Å². The number of nitrogens with one attached hydrogen (secondary N) is 2. The molecule has 2 aromatic rings. The normalized spacial score (nSPS) is 9.56. The van der Waals surface area contributed by atoms with E-state index in [4.69, 9.17) is 10.5 Å². The lowest BCUT2D eigenvalue weighted by molar-refractivity contribution is 1.34. The molecular formula is C11H5Br2N5. The highest BCUT2D eigenvalue weighted by molar-refractivity contribution is 9.11. The molecule has 18 heavy (non-hydrogen) atoms. The summed E-state index contributed by atoms with van der Waals surface area (Å²) < 4.78 is 1.54. The number of allylic oxidation sites excluding steroid dienone is 1. The smallest absolute Gasteiger partial charge is 0.145 e. The molecule has 0 radical (unpaired) electrons. The third kappa shape index (κ3) is 2.23. The maximum absolute atomic E-state index is 8.66. The molecule has 0 aliphatic rings. The Labute approximate surface area is 119 Å². The van der Waals surface area contributed by atoms with Gasteiger partial charge in [0.1, 0.15) is 23.2 Å². The quantitative estimate of drug-likeness (QED) is 0.797. The second-order valence-electron chi connectivity index (χ2n) is 3.27. The Morgan fingerprint density at radius 3 is 2.78 bits per heavy atom. The van der Waals surface area contributed by atoms with Crippen LogP contribution in [0.4, 0.5) is 5.69 Å². The molecule has 0 fully saturated rings. The van der Waals surface area contributed by atoms with E-state index in [1.54, 1.807) is 18.5 Å². The van der Waals surface area contributed by atoms with Gasteiger partial charge in [0, 0.05) is 10.7 Å². The summed E-state index contributed by atoms with van der Waals surface area (Å²) in [6, 6.07) is 5.42. The van der Waals surface area contributed by atoms with Crippen molar-refractivity contribution < 1.29 is 0 Å². The average Bonchev–Trinajstić information content (AvgIpc) is 2.82. The van der Waals surface area contributed by atoms with Gasteiger partial charge in [0.2, 0.25) is 0 Å². The summed E-state index contributed by atoms with van der Waals surface area (Å²) in [4.78, 5) is 7.17. The number of halogens is 2. The van der Waals surface area contributed by atoms with Crippen LogP contribution in [0.25, 0.3) is 11.0 Å². The fourth-order valence-corrected chi connectivity index (χ4v) is 2.83. The predicted octanol–water partition coefficient (Wildman–Crippen LogP) is 3.43. The first-order chi connectivity index (χ1) is 8.67. The molecule has 88 valence electrons. The Balaban J connectivity index is 2.49. The first-order valence-electron chi connectivity index (χ1n) is 4.75. The van der Waals surface area contributed by atoms with Crippen LogP contribution < -0.4 is 5.32 Å². The van der Waals surface area contributed by atoms with Gasteiger partial charge in [-0.05, 0) is 37.9 Å². The van der Waals surface area contributed by atoms with Crippen molar-refractivity contribution in [3.05, 3.63) is 33.1 Å². The molecule has 2 N–H and O–H groups in total. The van der Waals surface area contributed by atoms with Crippen molar-refractivity contribution in [1.29, 1.82) is 10.5 Å². The molecule has 5 nitrogen and oxygen atoms in total. The molecular weight excluding hydrogens is 362 g/mol. The molecule has 0 aliphatic heterocycles. The van der Waals surface area contributed by atoms with Gasteiger partial charge in [0.25, 0.3) is 0 Å². The summed E-state index contributed by atoms with van der Waals surface area (Å²) in [6.07, 6.45) is 2.95. The maximum atomic E-state index is 8.66. The van der Waals surface area contributed by atoms with Gasteiger partial charge in [-0.2, -0.15) is 10.5 Å². The number of hydrogen-bond donors (Lipinski definition) is 2. The number of nitrogens with zero attached hydrogens (tertiary/aromatic N) is 3. The number of fused-ring (bicyclic) bond motifs is 1. The number of imidazole rings is 1. The topological polar surface area (TPSA) is 88.3 Å². The zero-order valence-corrected chi connectivity index (χ0v) is 12.0. The highest BCUT2D eigenvalue weighted by Crippen LogP contribution is 2.36. The second kappa shape index (κ2) is 5.21. The molecule has 0 amide bonds. The summed E-state index contributed by atoms with van der Waals surface area (Å²) in [5, 5.41) is 20.2. The molecule has 0 bridgehead atoms. The van der Waals surface area contributed by atoms with Crippen LogP contribution in [0.1, 0.15) is 0 Å². The second-order valence-corrected chi connectivity index (χ2v) is 4.92. The highest BCUT2D eigenvalue weighted by atomic mass is 79.9. The molecule has 7 heteroatoms. The van der Waals surface area contributed by atoms with Crippen LogP contribution in [-0.2, 0) is 0 Å². The van der Waals surface area contributed by atoms with Crippen LogP contribution in [0.5, 0.6) is 0 Å². The number of aromatic amines is 1. The zero-order valence-electron chi connectivity index (χ0n) is 8.83. The molecule has 1 aromatic heterocycles. The minimum atomic E-state index is -0.00377. The molecule has 0 unspecified atom stereocenters. The fourth-order valence-electron chi connectivity index (χ4n) is 1.38. The standard InChI is InChI=1S/C11H5Br2N5/c12-7-1-8-11(18-5-17-8)9(13)10(7)16-4-6(2-14)3-15/h1,4-5,16H,(H,17,18). The number of hydrogen-bond acceptors (Lipinski definition) is 4. The number of aromatic nitrogens is 2. The van der Waals surface area contributed by atoms with E-state index in [9.17, 15) is 0 Å². The Morgan fingerprint density at radius 2 is 2.11 bits per heavy atom. The highest BCUT2D eigenvalue weighted by Gasteiger charge is 2.11. The molecule has 0 saturated carbocycles. The fraction of sp³-hybridized carbons (Fsp3) is 0. The summed E-state index contributed by atoms with van der Waals surface area (Å²) in [5.41, 5.74) is 2.35. The van der Waals surface area contributed by atoms with Gasteiger partial charge in [-0.25, -0.2) is 4.98 Å². The van der Waals surface area contributed by atoms with E-state index in [0.717, 1.165) is 20.0 Å². The van der Waals surface area contributed by atoms with E-state index < -0.39 is 0 Å². The molecule has 0 saturated heterocycles. The van der Waals surface area contributed by atoms with Crippen molar-refractivity contribution in [2.45, 2.75) is 0 Å². The predicted molar refractivity (Wildman–Crippen MR) is 74.4 cm³/mol. The van der Waals surface area contributed by atoms with E-state index in [0.29, 0.717) is 5.69 Å². The molecule has 2 rings (SSSR count). The SMILES string of the molecule is N#CC(C#N)=CNc1c(Br)cc2[nH]cnc2c1Br. The Kier molecular flexibility index (Phi) is 3.66. The Morgan fingerprint density at radius 1 is 1.39 bits per heavy atom. The summed E-state index contributed by atoms with van der Waals surface area (Å²) in [6.45, 7) is 0. The van der Waals surface area contributed by atoms with Crippen LogP contribution >= 0.6 is 31.9 Å². The molecule has 1 heterocycles. The first kappa shape index (κ1) is 12.6. The van der Waals surface area contributed by atoms with E-state index >= 15 is 0 Å². The van der Waals surface area contributed by atoms with Crippen LogP contribution in [-0.4, -0.2) is 9.97 Å². The van der Waals surface area contributed by atoms with E-state index in [-0.39, 0.29) is 5.57 Å². The third-order valence-electron chi connectivity index (χ3n) is 2.21. The van der Waals surface area contributed by atoms with E-state index in [1.807, 2.05) is 6.07 Å². The largest absolute Gasteiger partial charge is 0.358 e. The van der Waals surface area contributed by atoms with Gasteiger partial charge in [0.05, 0.1) is 22.0 Å². The van der Waals surface area contributed by atoms with Crippen LogP contribution in [0.2, 0.25) is 0 Å². The molecule has 1 aromatic carbocycles. The van der Waals surface area contributed by atoms with Crippen molar-refractivity contribution >= 4 is 48.6 Å². The van der Waals surface area contributed by atoms with Gasteiger partial charge in [-0.15, -0.1) is 0 Å². The first-order valence-corrected chi connectivity index (χ1v) is 6.34. The minimum absolute atomic E-state index is 0.00377. The van der Waals surface area contributed by atoms with Crippen molar-refractivity contribution in [1.82, 2.24) is 9.97 Å². The van der Waals surface area contributed by atoms with Crippen LogP contribution in [0.3, 0.4) is 0 Å². The lowest BCUT2D eigenvalue weighted by Gasteiger charge is -2.07. The van der Waals surface area contributed by atoms with Crippen molar-refractivity contribution in [3.8, 4) is 12.1 Å². The number of H-pyrrole nitrogens is 1. The number of benzene rings is 1. The Hall–Kier alpha value is -1.83. The van der Waals surface area contributed by atoms with Crippen molar-refractivity contribution in [2.75, 3.05) is 5.32 Å². The van der Waals surface area contributed by atoms with Crippen LogP contribution in [0.15, 0.2) is 33.1 Å². The summed E-state index contributed by atoms with van der Waals surface area (Å²) >= 11 is 6.85. The van der Waals surface area contributed by atoms with Crippen molar-refractivity contribution in [2.24, 2.45) is 0 Å².